The van der Waals surface area contributed by atoms with E-state index in [1.165, 1.54) is 21.9 Å². The molecule has 24 heavy (non-hydrogen) atoms. The van der Waals surface area contributed by atoms with Crippen LogP contribution in [0.3, 0.4) is 0 Å². The number of carbonyl (C=O) groups excluding carboxylic acids is 2. The first kappa shape index (κ1) is 15.8. The van der Waals surface area contributed by atoms with Crippen LogP contribution in [0.15, 0.2) is 24.3 Å². The Balaban J connectivity index is 1.48. The van der Waals surface area contributed by atoms with E-state index in [2.05, 4.69) is 0 Å². The molecule has 0 radical (unpaired) electrons. The van der Waals surface area contributed by atoms with Crippen LogP contribution in [0.1, 0.15) is 44.1 Å². The standard InChI is InChI=1S/C19H23FN2O2/c20-14-7-5-13(6-8-14)11-21(15-9-10-15)12-22-18(23)16-3-1-2-4-17(16)19(22)24/h5-8,15-17H,1-4,9-12H2/p+1/t16-,17+. The molecular formula is C19H24FN2O2+. The van der Waals surface area contributed by atoms with E-state index in [0.717, 1.165) is 50.6 Å². The number of halogens is 1. The Morgan fingerprint density at radius 1 is 0.958 bits per heavy atom. The molecule has 2 amide bonds. The summed E-state index contributed by atoms with van der Waals surface area (Å²) in [7, 11) is 0. The predicted molar refractivity (Wildman–Crippen MR) is 86.3 cm³/mol. The molecule has 4 nitrogen and oxygen atoms in total. The first-order valence-electron chi connectivity index (χ1n) is 9.08. The van der Waals surface area contributed by atoms with Crippen molar-refractivity contribution in [2.45, 2.75) is 51.1 Å². The molecule has 3 aliphatic rings. The third-order valence-electron chi connectivity index (χ3n) is 5.79. The molecule has 1 aromatic carbocycles. The zero-order chi connectivity index (χ0) is 16.7. The Kier molecular flexibility index (Phi) is 4.12. The van der Waals surface area contributed by atoms with E-state index in [4.69, 9.17) is 0 Å². The fourth-order valence-corrected chi connectivity index (χ4v) is 4.28. The van der Waals surface area contributed by atoms with Gasteiger partial charge in [-0.1, -0.05) is 25.0 Å². The largest absolute Gasteiger partial charge is 0.311 e. The van der Waals surface area contributed by atoms with Crippen LogP contribution in [0, 0.1) is 17.7 Å². The summed E-state index contributed by atoms with van der Waals surface area (Å²) in [6.45, 7) is 1.20. The van der Waals surface area contributed by atoms with Gasteiger partial charge in [0.2, 0.25) is 11.8 Å². The number of nitrogens with zero attached hydrogens (tertiary/aromatic N) is 1. The maximum absolute atomic E-state index is 13.1. The summed E-state index contributed by atoms with van der Waals surface area (Å²) in [5.41, 5.74) is 1.05. The second-order valence-corrected chi connectivity index (χ2v) is 7.50. The number of fused-ring (bicyclic) bond motifs is 1. The molecular weight excluding hydrogens is 307 g/mol. The minimum absolute atomic E-state index is 0.0435. The van der Waals surface area contributed by atoms with Gasteiger partial charge in [-0.25, -0.2) is 9.29 Å². The van der Waals surface area contributed by atoms with Crippen molar-refractivity contribution in [1.82, 2.24) is 4.90 Å². The third kappa shape index (κ3) is 2.97. The fraction of sp³-hybridized carbons (Fsp3) is 0.579. The van der Waals surface area contributed by atoms with E-state index in [9.17, 15) is 14.0 Å². The van der Waals surface area contributed by atoms with Crippen molar-refractivity contribution >= 4 is 11.8 Å². The van der Waals surface area contributed by atoms with Gasteiger partial charge in [-0.05, 0) is 25.0 Å². The second kappa shape index (κ2) is 6.28. The molecule has 3 atom stereocenters. The van der Waals surface area contributed by atoms with Crippen LogP contribution in [-0.4, -0.2) is 29.4 Å². The van der Waals surface area contributed by atoms with E-state index in [1.54, 1.807) is 12.1 Å². The maximum atomic E-state index is 13.1. The highest BCUT2D eigenvalue weighted by molar-refractivity contribution is 6.05. The van der Waals surface area contributed by atoms with Crippen LogP contribution in [0.25, 0.3) is 0 Å². The lowest BCUT2D eigenvalue weighted by Gasteiger charge is -2.24. The molecule has 1 N–H and O–H groups in total. The van der Waals surface area contributed by atoms with Crippen molar-refractivity contribution in [3.63, 3.8) is 0 Å². The summed E-state index contributed by atoms with van der Waals surface area (Å²) < 4.78 is 13.1. The normalized spacial score (nSPS) is 28.1. The molecule has 0 bridgehead atoms. The molecule has 3 fully saturated rings. The van der Waals surface area contributed by atoms with Gasteiger partial charge in [0.15, 0.2) is 6.67 Å². The van der Waals surface area contributed by atoms with E-state index < -0.39 is 0 Å². The Labute approximate surface area is 141 Å². The third-order valence-corrected chi connectivity index (χ3v) is 5.79. The van der Waals surface area contributed by atoms with Crippen molar-refractivity contribution in [1.29, 1.82) is 0 Å². The number of benzene rings is 1. The molecule has 1 aromatic rings. The van der Waals surface area contributed by atoms with Gasteiger partial charge < -0.3 is 4.90 Å². The Hall–Kier alpha value is -1.75. The molecule has 1 aliphatic heterocycles. The SMILES string of the molecule is O=C1[C@H]2CCCC[C@H]2C(=O)N1C[NH+](Cc1ccc(F)cc1)C1CC1. The number of amides is 2. The Bertz CT molecular complexity index is 617. The second-order valence-electron chi connectivity index (χ2n) is 7.50. The maximum Gasteiger partial charge on any atom is 0.237 e. The highest BCUT2D eigenvalue weighted by Gasteiger charge is 2.50. The Morgan fingerprint density at radius 2 is 1.54 bits per heavy atom. The molecule has 5 heteroatoms. The molecule has 2 aliphatic carbocycles. The van der Waals surface area contributed by atoms with Crippen molar-refractivity contribution in [2.24, 2.45) is 11.8 Å². The minimum atomic E-state index is -0.235. The molecule has 1 unspecified atom stereocenters. The molecule has 1 heterocycles. The van der Waals surface area contributed by atoms with Gasteiger partial charge in [0.05, 0.1) is 17.9 Å². The average Bonchev–Trinajstić information content (AvgIpc) is 3.41. The summed E-state index contributed by atoms with van der Waals surface area (Å²) in [5, 5.41) is 0. The van der Waals surface area contributed by atoms with Gasteiger partial charge in [-0.15, -0.1) is 0 Å². The van der Waals surface area contributed by atoms with Gasteiger partial charge in [-0.3, -0.25) is 9.59 Å². The topological polar surface area (TPSA) is 41.8 Å². The summed E-state index contributed by atoms with van der Waals surface area (Å²) in [5.74, 6) is -0.292. The lowest BCUT2D eigenvalue weighted by molar-refractivity contribution is -0.932. The summed E-state index contributed by atoms with van der Waals surface area (Å²) in [4.78, 5) is 28.1. The summed E-state index contributed by atoms with van der Waals surface area (Å²) in [6.07, 6.45) is 6.12. The number of likely N-dealkylation sites (tertiary alicyclic amines) is 1. The number of hydrogen-bond acceptors (Lipinski definition) is 2. The highest BCUT2D eigenvalue weighted by atomic mass is 19.1. The number of carbonyl (C=O) groups is 2. The van der Waals surface area contributed by atoms with Gasteiger partial charge in [0.25, 0.3) is 0 Å². The first-order valence-corrected chi connectivity index (χ1v) is 9.08. The van der Waals surface area contributed by atoms with Crippen molar-refractivity contribution in [3.05, 3.63) is 35.6 Å². The minimum Gasteiger partial charge on any atom is -0.311 e. The van der Waals surface area contributed by atoms with E-state index in [0.29, 0.717) is 12.7 Å². The van der Waals surface area contributed by atoms with Crippen LogP contribution in [0.4, 0.5) is 4.39 Å². The number of nitrogens with one attached hydrogen (secondary N) is 1. The van der Waals surface area contributed by atoms with E-state index in [1.807, 2.05) is 0 Å². The van der Waals surface area contributed by atoms with Crippen LogP contribution in [-0.2, 0) is 16.1 Å². The highest BCUT2D eigenvalue weighted by Crippen LogP contribution is 2.37. The van der Waals surface area contributed by atoms with E-state index >= 15 is 0 Å². The van der Waals surface area contributed by atoms with Gasteiger partial charge in [-0.2, -0.15) is 0 Å². The van der Waals surface area contributed by atoms with Crippen molar-refractivity contribution in [2.75, 3.05) is 6.67 Å². The molecule has 128 valence electrons. The fourth-order valence-electron chi connectivity index (χ4n) is 4.28. The monoisotopic (exact) mass is 331 g/mol. The van der Waals surface area contributed by atoms with Gasteiger partial charge in [0, 0.05) is 18.4 Å². The zero-order valence-corrected chi connectivity index (χ0v) is 13.8. The lowest BCUT2D eigenvalue weighted by atomic mass is 9.81. The van der Waals surface area contributed by atoms with Crippen LogP contribution >= 0.6 is 0 Å². The molecule has 1 saturated heterocycles. The first-order chi connectivity index (χ1) is 11.6. The smallest absolute Gasteiger partial charge is 0.237 e. The zero-order valence-electron chi connectivity index (χ0n) is 13.8. The van der Waals surface area contributed by atoms with Gasteiger partial charge >= 0.3 is 0 Å². The number of imide groups is 1. The van der Waals surface area contributed by atoms with Gasteiger partial charge in [0.1, 0.15) is 12.4 Å². The predicted octanol–water partition coefficient (Wildman–Crippen LogP) is 1.51. The molecule has 0 aromatic heterocycles. The molecule has 2 saturated carbocycles. The summed E-state index contributed by atoms with van der Waals surface area (Å²) in [6, 6.07) is 7.05. The number of rotatable bonds is 5. The summed E-state index contributed by atoms with van der Waals surface area (Å²) >= 11 is 0. The van der Waals surface area contributed by atoms with Crippen molar-refractivity contribution in [3.8, 4) is 0 Å². The average molecular weight is 331 g/mol. The quantitative estimate of drug-likeness (QED) is 0.831. The molecule has 0 spiro atoms. The molecule has 4 rings (SSSR count). The van der Waals surface area contributed by atoms with E-state index in [-0.39, 0.29) is 29.5 Å². The lowest BCUT2D eigenvalue weighted by Crippen LogP contribution is -3.13. The number of hydrogen-bond donors (Lipinski definition) is 1. The van der Waals surface area contributed by atoms with Crippen LogP contribution in [0.2, 0.25) is 0 Å². The Morgan fingerprint density at radius 3 is 2.08 bits per heavy atom. The van der Waals surface area contributed by atoms with Crippen LogP contribution < -0.4 is 4.90 Å². The van der Waals surface area contributed by atoms with Crippen LogP contribution in [0.5, 0.6) is 0 Å². The number of quaternary nitrogens is 1. The van der Waals surface area contributed by atoms with Crippen molar-refractivity contribution < 1.29 is 18.9 Å².